The van der Waals surface area contributed by atoms with Crippen LogP contribution in [0.15, 0.2) is 0 Å². The predicted octanol–water partition coefficient (Wildman–Crippen LogP) is 0.216. The lowest BCUT2D eigenvalue weighted by Gasteiger charge is -2.33. The van der Waals surface area contributed by atoms with Crippen molar-refractivity contribution in [2.45, 2.75) is 6.18 Å². The van der Waals surface area contributed by atoms with Crippen LogP contribution < -0.4 is 0 Å². The Morgan fingerprint density at radius 3 is 2.53 bits per heavy atom. The highest BCUT2D eigenvalue weighted by atomic mass is 19.4. The van der Waals surface area contributed by atoms with Gasteiger partial charge in [0.2, 0.25) is 5.91 Å². The molecule has 1 amide bonds. The number of amides is 1. The van der Waals surface area contributed by atoms with E-state index < -0.39 is 18.6 Å². The summed E-state index contributed by atoms with van der Waals surface area (Å²) in [6, 6.07) is 1.85. The van der Waals surface area contributed by atoms with E-state index in [-0.39, 0.29) is 19.6 Å². The quantitative estimate of drug-likeness (QED) is 0.626. The average molecular weight is 221 g/mol. The lowest BCUT2D eigenvalue weighted by Crippen LogP contribution is -2.52. The molecule has 0 unspecified atom stereocenters. The molecular formula is C8H10F3N3O. The summed E-state index contributed by atoms with van der Waals surface area (Å²) >= 11 is 0. The predicted molar refractivity (Wildman–Crippen MR) is 44.7 cm³/mol. The van der Waals surface area contributed by atoms with Crippen LogP contribution in [0.25, 0.3) is 0 Å². The van der Waals surface area contributed by atoms with Crippen LogP contribution in [-0.2, 0) is 4.79 Å². The molecule has 0 aromatic rings. The first-order valence-corrected chi connectivity index (χ1v) is 4.36. The second kappa shape index (κ2) is 4.49. The van der Waals surface area contributed by atoms with E-state index in [1.807, 2.05) is 6.07 Å². The first-order chi connectivity index (χ1) is 6.92. The van der Waals surface area contributed by atoms with Crippen LogP contribution in [0.1, 0.15) is 0 Å². The summed E-state index contributed by atoms with van der Waals surface area (Å²) in [7, 11) is 0. The molecular weight excluding hydrogens is 211 g/mol. The zero-order valence-electron chi connectivity index (χ0n) is 7.92. The maximum absolute atomic E-state index is 12.0. The van der Waals surface area contributed by atoms with Gasteiger partial charge in [0.1, 0.15) is 6.54 Å². The van der Waals surface area contributed by atoms with Crippen LogP contribution in [-0.4, -0.2) is 54.6 Å². The van der Waals surface area contributed by atoms with Gasteiger partial charge in [-0.2, -0.15) is 18.4 Å². The monoisotopic (exact) mass is 221 g/mol. The summed E-state index contributed by atoms with van der Waals surface area (Å²) in [5, 5.41) is 8.36. The first kappa shape index (κ1) is 11.8. The van der Waals surface area contributed by atoms with Crippen molar-refractivity contribution in [2.75, 3.05) is 32.7 Å². The third kappa shape index (κ3) is 3.75. The number of nitrogens with zero attached hydrogens (tertiary/aromatic N) is 3. The van der Waals surface area contributed by atoms with E-state index in [4.69, 9.17) is 5.26 Å². The largest absolute Gasteiger partial charge is 0.406 e. The molecule has 4 nitrogen and oxygen atoms in total. The maximum atomic E-state index is 12.0. The van der Waals surface area contributed by atoms with Crippen LogP contribution in [0.3, 0.4) is 0 Å². The number of hydrogen-bond acceptors (Lipinski definition) is 3. The number of carbonyl (C=O) groups is 1. The second-order valence-electron chi connectivity index (χ2n) is 3.30. The third-order valence-electron chi connectivity index (χ3n) is 2.06. The Bertz CT molecular complexity index is 284. The van der Waals surface area contributed by atoms with Gasteiger partial charge in [-0.3, -0.25) is 9.69 Å². The van der Waals surface area contributed by atoms with E-state index >= 15 is 0 Å². The van der Waals surface area contributed by atoms with Gasteiger partial charge in [0.05, 0.1) is 19.2 Å². The number of nitriles is 1. The molecule has 0 spiro atoms. The molecule has 1 rings (SSSR count). The Balaban J connectivity index is 2.47. The second-order valence-corrected chi connectivity index (χ2v) is 3.30. The average Bonchev–Trinajstić information content (AvgIpc) is 2.08. The molecule has 0 bridgehead atoms. The molecule has 1 aliphatic rings. The van der Waals surface area contributed by atoms with E-state index in [1.54, 1.807) is 0 Å². The number of hydrogen-bond donors (Lipinski definition) is 0. The summed E-state index contributed by atoms with van der Waals surface area (Å²) in [5.41, 5.74) is 0. The van der Waals surface area contributed by atoms with Crippen LogP contribution in [0.2, 0.25) is 0 Å². The Morgan fingerprint density at radius 2 is 2.07 bits per heavy atom. The SMILES string of the molecule is N#CCN1CCN(CC(F)(F)F)C(=O)C1. The van der Waals surface area contributed by atoms with Gasteiger partial charge in [-0.15, -0.1) is 0 Å². The normalized spacial score (nSPS) is 19.1. The Morgan fingerprint density at radius 1 is 1.40 bits per heavy atom. The minimum absolute atomic E-state index is 0.0278. The van der Waals surface area contributed by atoms with Crippen LogP contribution in [0.5, 0.6) is 0 Å². The highest BCUT2D eigenvalue weighted by molar-refractivity contribution is 5.79. The van der Waals surface area contributed by atoms with Gasteiger partial charge in [-0.25, -0.2) is 0 Å². The number of alkyl halides is 3. The maximum Gasteiger partial charge on any atom is 0.406 e. The summed E-state index contributed by atoms with van der Waals surface area (Å²) in [6.45, 7) is -0.892. The molecule has 7 heteroatoms. The van der Waals surface area contributed by atoms with Gasteiger partial charge in [0, 0.05) is 13.1 Å². The summed E-state index contributed by atoms with van der Waals surface area (Å²) < 4.78 is 36.0. The molecule has 0 N–H and O–H groups in total. The minimum atomic E-state index is -4.35. The van der Waals surface area contributed by atoms with E-state index in [2.05, 4.69) is 0 Å². The summed E-state index contributed by atoms with van der Waals surface area (Å²) in [4.78, 5) is 13.5. The molecule has 0 atom stereocenters. The van der Waals surface area contributed by atoms with E-state index in [0.29, 0.717) is 6.54 Å². The molecule has 1 fully saturated rings. The fraction of sp³-hybridized carbons (Fsp3) is 0.750. The van der Waals surface area contributed by atoms with Crippen molar-refractivity contribution < 1.29 is 18.0 Å². The zero-order valence-corrected chi connectivity index (χ0v) is 7.92. The Kier molecular flexibility index (Phi) is 3.52. The van der Waals surface area contributed by atoms with Crippen molar-refractivity contribution in [3.8, 4) is 6.07 Å². The van der Waals surface area contributed by atoms with Crippen molar-refractivity contribution in [3.63, 3.8) is 0 Å². The summed E-state index contributed by atoms with van der Waals surface area (Å²) in [6.07, 6.45) is -4.35. The van der Waals surface area contributed by atoms with Crippen LogP contribution in [0.4, 0.5) is 13.2 Å². The fourth-order valence-corrected chi connectivity index (χ4v) is 1.38. The van der Waals surface area contributed by atoms with Gasteiger partial charge in [0.25, 0.3) is 0 Å². The first-order valence-electron chi connectivity index (χ1n) is 4.36. The van der Waals surface area contributed by atoms with Gasteiger partial charge in [0.15, 0.2) is 0 Å². The highest BCUT2D eigenvalue weighted by Crippen LogP contribution is 2.17. The van der Waals surface area contributed by atoms with Crippen molar-refractivity contribution in [3.05, 3.63) is 0 Å². The third-order valence-corrected chi connectivity index (χ3v) is 2.06. The van der Waals surface area contributed by atoms with Gasteiger partial charge < -0.3 is 4.90 Å². The molecule has 0 saturated carbocycles. The van der Waals surface area contributed by atoms with E-state index in [0.717, 1.165) is 4.90 Å². The number of halogens is 3. The van der Waals surface area contributed by atoms with E-state index in [9.17, 15) is 18.0 Å². The molecule has 1 heterocycles. The van der Waals surface area contributed by atoms with Crippen molar-refractivity contribution >= 4 is 5.91 Å². The topological polar surface area (TPSA) is 47.3 Å². The molecule has 84 valence electrons. The van der Waals surface area contributed by atoms with Crippen molar-refractivity contribution in [1.29, 1.82) is 5.26 Å². The lowest BCUT2D eigenvalue weighted by molar-refractivity contribution is -0.165. The molecule has 0 aromatic carbocycles. The molecule has 15 heavy (non-hydrogen) atoms. The zero-order chi connectivity index (χ0) is 11.5. The van der Waals surface area contributed by atoms with Crippen molar-refractivity contribution in [1.82, 2.24) is 9.80 Å². The number of piperazine rings is 1. The van der Waals surface area contributed by atoms with Gasteiger partial charge in [-0.05, 0) is 0 Å². The van der Waals surface area contributed by atoms with Crippen molar-refractivity contribution in [2.24, 2.45) is 0 Å². The summed E-state index contributed by atoms with van der Waals surface area (Å²) in [5.74, 6) is -0.575. The minimum Gasteiger partial charge on any atom is -0.331 e. The smallest absolute Gasteiger partial charge is 0.331 e. The van der Waals surface area contributed by atoms with Gasteiger partial charge >= 0.3 is 6.18 Å². The Labute approximate surface area is 84.9 Å². The standard InChI is InChI=1S/C8H10F3N3O/c9-8(10,11)6-14-4-3-13(2-1-12)5-7(14)15/h2-6H2. The molecule has 0 radical (unpaired) electrons. The molecule has 1 aliphatic heterocycles. The van der Waals surface area contributed by atoms with Gasteiger partial charge in [-0.1, -0.05) is 0 Å². The molecule has 0 aliphatic carbocycles. The molecule has 1 saturated heterocycles. The highest BCUT2D eigenvalue weighted by Gasteiger charge is 2.35. The lowest BCUT2D eigenvalue weighted by atomic mass is 10.3. The number of rotatable bonds is 2. The van der Waals surface area contributed by atoms with Crippen LogP contribution >= 0.6 is 0 Å². The fourth-order valence-electron chi connectivity index (χ4n) is 1.38. The van der Waals surface area contributed by atoms with Crippen LogP contribution in [0, 0.1) is 11.3 Å². The molecule has 0 aromatic heterocycles. The Hall–Kier alpha value is -1.29. The number of carbonyl (C=O) groups excluding carboxylic acids is 1. The van der Waals surface area contributed by atoms with E-state index in [1.165, 1.54) is 4.90 Å².